The van der Waals surface area contributed by atoms with E-state index in [0.29, 0.717) is 18.2 Å². The molecule has 0 aromatic carbocycles. The highest BCUT2D eigenvalue weighted by Crippen LogP contribution is 2.25. The van der Waals surface area contributed by atoms with Crippen LogP contribution in [0.5, 0.6) is 0 Å². The molecule has 5 heteroatoms. The topological polar surface area (TPSA) is 66.3 Å². The number of carboxylic acid groups (broad SMARTS) is 1. The van der Waals surface area contributed by atoms with E-state index in [2.05, 4.69) is 21.9 Å². The second-order valence-corrected chi connectivity index (χ2v) is 5.35. The van der Waals surface area contributed by atoms with Crippen molar-refractivity contribution in [3.05, 3.63) is 23.3 Å². The minimum Gasteiger partial charge on any atom is -0.481 e. The van der Waals surface area contributed by atoms with Crippen LogP contribution in [0.25, 0.3) is 0 Å². The molecule has 0 amide bonds. The SMILES string of the molecule is Cc1cc(C2CCCN(C)C2)nc(CCC(=O)O)n1. The molecule has 1 aliphatic heterocycles. The Morgan fingerprint density at radius 3 is 3.00 bits per heavy atom. The van der Waals surface area contributed by atoms with Crippen LogP contribution in [0.1, 0.15) is 42.4 Å². The molecule has 1 aliphatic rings. The van der Waals surface area contributed by atoms with Crippen molar-refractivity contribution in [1.82, 2.24) is 14.9 Å². The average Bonchev–Trinajstić information content (AvgIpc) is 2.36. The second kappa shape index (κ2) is 6.10. The van der Waals surface area contributed by atoms with Crippen LogP contribution in [0, 0.1) is 6.92 Å². The van der Waals surface area contributed by atoms with E-state index >= 15 is 0 Å². The first kappa shape index (κ1) is 13.9. The van der Waals surface area contributed by atoms with Crippen LogP contribution in [0.2, 0.25) is 0 Å². The molecular weight excluding hydrogens is 242 g/mol. The maximum Gasteiger partial charge on any atom is 0.303 e. The first-order chi connectivity index (χ1) is 9.04. The maximum atomic E-state index is 10.6. The van der Waals surface area contributed by atoms with Crippen LogP contribution in [-0.4, -0.2) is 46.1 Å². The number of aliphatic carboxylic acids is 1. The van der Waals surface area contributed by atoms with Gasteiger partial charge in [-0.1, -0.05) is 0 Å². The molecule has 2 rings (SSSR count). The molecule has 1 N–H and O–H groups in total. The number of piperidine rings is 1. The Balaban J connectivity index is 2.13. The normalized spacial score (nSPS) is 20.4. The molecule has 1 fully saturated rings. The Morgan fingerprint density at radius 1 is 1.53 bits per heavy atom. The number of rotatable bonds is 4. The smallest absolute Gasteiger partial charge is 0.303 e. The van der Waals surface area contributed by atoms with Gasteiger partial charge in [0.25, 0.3) is 0 Å². The van der Waals surface area contributed by atoms with E-state index in [1.54, 1.807) is 0 Å². The fourth-order valence-corrected chi connectivity index (χ4v) is 2.60. The van der Waals surface area contributed by atoms with Crippen molar-refractivity contribution in [2.24, 2.45) is 0 Å². The number of aromatic nitrogens is 2. The zero-order valence-electron chi connectivity index (χ0n) is 11.6. The largest absolute Gasteiger partial charge is 0.481 e. The van der Waals surface area contributed by atoms with Crippen LogP contribution < -0.4 is 0 Å². The highest BCUT2D eigenvalue weighted by Gasteiger charge is 2.21. The van der Waals surface area contributed by atoms with Crippen molar-refractivity contribution in [3.8, 4) is 0 Å². The summed E-state index contributed by atoms with van der Waals surface area (Å²) in [4.78, 5) is 21.8. The van der Waals surface area contributed by atoms with Crippen molar-refractivity contribution in [3.63, 3.8) is 0 Å². The Hall–Kier alpha value is -1.49. The first-order valence-electron chi connectivity index (χ1n) is 6.79. The fourth-order valence-electron chi connectivity index (χ4n) is 2.60. The first-order valence-corrected chi connectivity index (χ1v) is 6.79. The van der Waals surface area contributed by atoms with Crippen molar-refractivity contribution in [2.45, 2.75) is 38.5 Å². The number of carbonyl (C=O) groups is 1. The van der Waals surface area contributed by atoms with Gasteiger partial charge in [0, 0.05) is 30.3 Å². The number of carboxylic acids is 1. The van der Waals surface area contributed by atoms with Crippen molar-refractivity contribution in [2.75, 3.05) is 20.1 Å². The standard InChI is InChI=1S/C14H21N3O2/c1-10-8-12(11-4-3-7-17(2)9-11)16-13(15-10)5-6-14(18)19/h8,11H,3-7,9H2,1-2H3,(H,18,19). The van der Waals surface area contributed by atoms with Gasteiger partial charge in [-0.2, -0.15) is 0 Å². The number of nitrogens with zero attached hydrogens (tertiary/aromatic N) is 3. The van der Waals surface area contributed by atoms with Crippen LogP contribution in [0.3, 0.4) is 0 Å². The lowest BCUT2D eigenvalue weighted by Gasteiger charge is -2.29. The van der Waals surface area contributed by atoms with Gasteiger partial charge in [0.15, 0.2) is 0 Å². The minimum atomic E-state index is -0.802. The minimum absolute atomic E-state index is 0.0907. The van der Waals surface area contributed by atoms with E-state index in [0.717, 1.165) is 30.9 Å². The maximum absolute atomic E-state index is 10.6. The zero-order chi connectivity index (χ0) is 13.8. The Kier molecular flexibility index (Phi) is 4.47. The molecular formula is C14H21N3O2. The van der Waals surface area contributed by atoms with E-state index in [1.807, 2.05) is 13.0 Å². The lowest BCUT2D eigenvalue weighted by atomic mass is 9.94. The second-order valence-electron chi connectivity index (χ2n) is 5.35. The van der Waals surface area contributed by atoms with Gasteiger partial charge in [-0.25, -0.2) is 9.97 Å². The lowest BCUT2D eigenvalue weighted by Crippen LogP contribution is -2.31. The highest BCUT2D eigenvalue weighted by molar-refractivity contribution is 5.66. The third-order valence-corrected chi connectivity index (χ3v) is 3.53. The van der Waals surface area contributed by atoms with Gasteiger partial charge in [0.1, 0.15) is 5.82 Å². The van der Waals surface area contributed by atoms with Gasteiger partial charge in [-0.05, 0) is 39.4 Å². The van der Waals surface area contributed by atoms with Crippen molar-refractivity contribution < 1.29 is 9.90 Å². The lowest BCUT2D eigenvalue weighted by molar-refractivity contribution is -0.137. The van der Waals surface area contributed by atoms with E-state index in [1.165, 1.54) is 6.42 Å². The molecule has 1 aromatic rings. The fraction of sp³-hybridized carbons (Fsp3) is 0.643. The summed E-state index contributed by atoms with van der Waals surface area (Å²) in [6, 6.07) is 2.04. The summed E-state index contributed by atoms with van der Waals surface area (Å²) in [5, 5.41) is 8.73. The molecule has 0 aliphatic carbocycles. The summed E-state index contributed by atoms with van der Waals surface area (Å²) in [7, 11) is 2.13. The average molecular weight is 263 g/mol. The molecule has 0 radical (unpaired) electrons. The Morgan fingerprint density at radius 2 is 2.32 bits per heavy atom. The molecule has 0 saturated carbocycles. The van der Waals surface area contributed by atoms with Crippen LogP contribution in [-0.2, 0) is 11.2 Å². The Bertz CT molecular complexity index is 462. The van der Waals surface area contributed by atoms with Crippen molar-refractivity contribution >= 4 is 5.97 Å². The van der Waals surface area contributed by atoms with E-state index in [4.69, 9.17) is 5.11 Å². The molecule has 2 heterocycles. The quantitative estimate of drug-likeness (QED) is 0.894. The summed E-state index contributed by atoms with van der Waals surface area (Å²) in [6.45, 7) is 4.11. The third kappa shape index (κ3) is 3.99. The zero-order valence-corrected chi connectivity index (χ0v) is 11.6. The molecule has 1 atom stereocenters. The van der Waals surface area contributed by atoms with Gasteiger partial charge < -0.3 is 10.0 Å². The molecule has 19 heavy (non-hydrogen) atoms. The van der Waals surface area contributed by atoms with Crippen LogP contribution in [0.15, 0.2) is 6.07 Å². The monoisotopic (exact) mass is 263 g/mol. The predicted octanol–water partition coefficient (Wildman–Crippen LogP) is 1.61. The number of aryl methyl sites for hydroxylation is 2. The summed E-state index contributed by atoms with van der Waals surface area (Å²) in [5.74, 6) is 0.304. The number of hydrogen-bond donors (Lipinski definition) is 1. The summed E-state index contributed by atoms with van der Waals surface area (Å²) >= 11 is 0. The summed E-state index contributed by atoms with van der Waals surface area (Å²) in [5.41, 5.74) is 2.00. The molecule has 104 valence electrons. The number of likely N-dealkylation sites (tertiary alicyclic amines) is 1. The van der Waals surface area contributed by atoms with E-state index < -0.39 is 5.97 Å². The Labute approximate surface area is 113 Å². The van der Waals surface area contributed by atoms with Gasteiger partial charge >= 0.3 is 5.97 Å². The van der Waals surface area contributed by atoms with Gasteiger partial charge in [-0.3, -0.25) is 4.79 Å². The van der Waals surface area contributed by atoms with Crippen molar-refractivity contribution in [1.29, 1.82) is 0 Å². The highest BCUT2D eigenvalue weighted by atomic mass is 16.4. The predicted molar refractivity (Wildman–Crippen MR) is 72.2 cm³/mol. The van der Waals surface area contributed by atoms with Crippen LogP contribution >= 0.6 is 0 Å². The van der Waals surface area contributed by atoms with Gasteiger partial charge in [-0.15, -0.1) is 0 Å². The number of likely N-dealkylation sites (N-methyl/N-ethyl adjacent to an activating group) is 1. The molecule has 1 aromatic heterocycles. The van der Waals surface area contributed by atoms with Crippen LogP contribution in [0.4, 0.5) is 0 Å². The third-order valence-electron chi connectivity index (χ3n) is 3.53. The molecule has 1 saturated heterocycles. The van der Waals surface area contributed by atoms with Gasteiger partial charge in [0.2, 0.25) is 0 Å². The summed E-state index contributed by atoms with van der Waals surface area (Å²) in [6.07, 6.45) is 2.84. The van der Waals surface area contributed by atoms with E-state index in [9.17, 15) is 4.79 Å². The molecule has 0 spiro atoms. The van der Waals surface area contributed by atoms with Gasteiger partial charge in [0.05, 0.1) is 6.42 Å². The molecule has 1 unspecified atom stereocenters. The molecule has 5 nitrogen and oxygen atoms in total. The summed E-state index contributed by atoms with van der Waals surface area (Å²) < 4.78 is 0. The molecule has 0 bridgehead atoms. The number of hydrogen-bond acceptors (Lipinski definition) is 4. The van der Waals surface area contributed by atoms with E-state index in [-0.39, 0.29) is 6.42 Å².